The Hall–Kier alpha value is 0.890. The van der Waals surface area contributed by atoms with Crippen LogP contribution < -0.4 is 0 Å². The van der Waals surface area contributed by atoms with E-state index in [0.29, 0.717) is 0 Å². The molecule has 0 aliphatic heterocycles. The standard InChI is InChI=1S/3H3O3P.H2O/c3*1-4(2)3;/h3*1-3H;1H2. The van der Waals surface area contributed by atoms with Gasteiger partial charge in [0.2, 0.25) is 0 Å². The zero-order valence-electron chi connectivity index (χ0n) is 5.87. The molecule has 0 radical (unpaired) electrons. The maximum Gasteiger partial charge on any atom is 0.324 e. The highest BCUT2D eigenvalue weighted by Gasteiger charge is 1.77. The van der Waals surface area contributed by atoms with Crippen molar-refractivity contribution < 1.29 is 49.5 Å². The van der Waals surface area contributed by atoms with E-state index in [1.807, 2.05) is 0 Å². The summed E-state index contributed by atoms with van der Waals surface area (Å²) < 4.78 is 0. The summed E-state index contributed by atoms with van der Waals surface area (Å²) in [6.07, 6.45) is 0. The molecule has 13 heavy (non-hydrogen) atoms. The molecule has 0 heterocycles. The molecule has 0 spiro atoms. The van der Waals surface area contributed by atoms with E-state index >= 15 is 0 Å². The highest BCUT2D eigenvalue weighted by molar-refractivity contribution is 7.38. The molecule has 11 N–H and O–H groups in total. The van der Waals surface area contributed by atoms with Crippen LogP contribution in [-0.2, 0) is 0 Å². The van der Waals surface area contributed by atoms with Crippen molar-refractivity contribution in [3.8, 4) is 0 Å². The van der Waals surface area contributed by atoms with Crippen molar-refractivity contribution in [1.29, 1.82) is 0 Å². The molecule has 0 aliphatic carbocycles. The SMILES string of the molecule is O.OP(O)O.OP(O)O.OP(O)O. The fraction of sp³-hybridized carbons (Fsp3) is 0. The predicted octanol–water partition coefficient (Wildman–Crippen LogP) is -3.25. The second-order valence-electron chi connectivity index (χ2n) is 0.805. The summed E-state index contributed by atoms with van der Waals surface area (Å²) in [4.78, 5) is 65.1. The monoisotopic (exact) mass is 264 g/mol. The van der Waals surface area contributed by atoms with Gasteiger partial charge in [-0.2, -0.15) is 0 Å². The number of rotatable bonds is 0. The van der Waals surface area contributed by atoms with Crippen molar-refractivity contribution in [3.05, 3.63) is 0 Å². The first-order valence-corrected chi connectivity index (χ1v) is 5.40. The lowest BCUT2D eigenvalue weighted by Crippen LogP contribution is -1.54. The lowest BCUT2D eigenvalue weighted by atomic mass is 15.8. The molecule has 0 saturated carbocycles. The average Bonchev–Trinajstić information content (AvgIpc) is 1.54. The summed E-state index contributed by atoms with van der Waals surface area (Å²) in [5, 5.41) is 0. The van der Waals surface area contributed by atoms with E-state index in [-0.39, 0.29) is 5.48 Å². The Morgan fingerprint density at radius 3 is 0.385 bits per heavy atom. The molecule has 13 heteroatoms. The Bertz CT molecular complexity index is 38.7. The van der Waals surface area contributed by atoms with Gasteiger partial charge < -0.3 is 49.5 Å². The maximum atomic E-state index is 7.23. The van der Waals surface area contributed by atoms with Gasteiger partial charge in [0.15, 0.2) is 0 Å². The molecule has 0 aliphatic rings. The molecular weight excluding hydrogens is 253 g/mol. The topological polar surface area (TPSA) is 214 Å². The smallest absolute Gasteiger partial charge is 0.324 e. The molecule has 0 aromatic rings. The Morgan fingerprint density at radius 1 is 0.385 bits per heavy atom. The lowest BCUT2D eigenvalue weighted by molar-refractivity contribution is 0.366. The molecule has 0 rings (SSSR count). The van der Waals surface area contributed by atoms with Crippen LogP contribution >= 0.6 is 25.8 Å². The van der Waals surface area contributed by atoms with Crippen LogP contribution in [-0.4, -0.2) is 49.5 Å². The van der Waals surface area contributed by atoms with Crippen LogP contribution in [0.25, 0.3) is 0 Å². The molecule has 0 atom stereocenters. The Labute approximate surface area is 76.3 Å². The molecule has 10 nitrogen and oxygen atoms in total. The van der Waals surface area contributed by atoms with Gasteiger partial charge in [-0.1, -0.05) is 0 Å². The highest BCUT2D eigenvalue weighted by atomic mass is 31.2. The van der Waals surface area contributed by atoms with Crippen molar-refractivity contribution in [2.75, 3.05) is 0 Å². The van der Waals surface area contributed by atoms with Crippen LogP contribution in [0, 0.1) is 0 Å². The van der Waals surface area contributed by atoms with Gasteiger partial charge in [-0.25, -0.2) is 0 Å². The Morgan fingerprint density at radius 2 is 0.385 bits per heavy atom. The van der Waals surface area contributed by atoms with Gasteiger partial charge in [0.05, 0.1) is 0 Å². The van der Waals surface area contributed by atoms with Gasteiger partial charge in [0.1, 0.15) is 0 Å². The Balaban J connectivity index is -0.0000000450. The molecule has 0 saturated heterocycles. The lowest BCUT2D eigenvalue weighted by Gasteiger charge is -1.76. The predicted molar refractivity (Wildman–Crippen MR) is 44.3 cm³/mol. The maximum absolute atomic E-state index is 7.23. The van der Waals surface area contributed by atoms with E-state index in [4.69, 9.17) is 44.0 Å². The number of hydrogen-bond donors (Lipinski definition) is 9. The molecule has 0 aromatic carbocycles. The first kappa shape index (κ1) is 23.6. The third-order valence-corrected chi connectivity index (χ3v) is 0. The van der Waals surface area contributed by atoms with E-state index < -0.39 is 25.8 Å². The minimum Gasteiger partial charge on any atom is -0.412 e. The summed E-state index contributed by atoms with van der Waals surface area (Å²) in [5.41, 5.74) is 0. The third-order valence-electron chi connectivity index (χ3n) is 0. The summed E-state index contributed by atoms with van der Waals surface area (Å²) in [5.74, 6) is 0. The van der Waals surface area contributed by atoms with Gasteiger partial charge in [0, 0.05) is 0 Å². The van der Waals surface area contributed by atoms with Crippen molar-refractivity contribution in [2.24, 2.45) is 0 Å². The van der Waals surface area contributed by atoms with Gasteiger partial charge >= 0.3 is 25.8 Å². The summed E-state index contributed by atoms with van der Waals surface area (Å²) in [7, 11) is -7.86. The van der Waals surface area contributed by atoms with Crippen molar-refractivity contribution in [3.63, 3.8) is 0 Å². The second-order valence-corrected chi connectivity index (χ2v) is 2.41. The quantitative estimate of drug-likeness (QED) is 0.200. The molecule has 86 valence electrons. The van der Waals surface area contributed by atoms with E-state index in [1.54, 1.807) is 0 Å². The van der Waals surface area contributed by atoms with Crippen LogP contribution in [0.1, 0.15) is 0 Å². The van der Waals surface area contributed by atoms with Crippen LogP contribution in [0.15, 0.2) is 0 Å². The van der Waals surface area contributed by atoms with Gasteiger partial charge in [-0.15, -0.1) is 0 Å². The van der Waals surface area contributed by atoms with Crippen LogP contribution in [0.5, 0.6) is 0 Å². The molecule has 0 aromatic heterocycles. The van der Waals surface area contributed by atoms with Crippen LogP contribution in [0.2, 0.25) is 0 Å². The third kappa shape index (κ3) is 1930. The fourth-order valence-electron chi connectivity index (χ4n) is 0. The largest absolute Gasteiger partial charge is 0.412 e. The molecule has 0 amide bonds. The summed E-state index contributed by atoms with van der Waals surface area (Å²) >= 11 is 0. The molecule has 0 unspecified atom stereocenters. The normalized spacial score (nSPS) is 8.31. The average molecular weight is 264 g/mol. The van der Waals surface area contributed by atoms with Gasteiger partial charge in [0.25, 0.3) is 0 Å². The second kappa shape index (κ2) is 18.6. The highest BCUT2D eigenvalue weighted by Crippen LogP contribution is 2.12. The molecule has 0 fully saturated rings. The van der Waals surface area contributed by atoms with E-state index in [0.717, 1.165) is 0 Å². The zero-order valence-corrected chi connectivity index (χ0v) is 8.55. The van der Waals surface area contributed by atoms with E-state index in [9.17, 15) is 0 Å². The van der Waals surface area contributed by atoms with Crippen molar-refractivity contribution in [2.45, 2.75) is 0 Å². The first-order valence-electron chi connectivity index (χ1n) is 1.80. The summed E-state index contributed by atoms with van der Waals surface area (Å²) in [6, 6.07) is 0. The van der Waals surface area contributed by atoms with Crippen molar-refractivity contribution in [1.82, 2.24) is 0 Å². The zero-order chi connectivity index (χ0) is 10.7. The minimum absolute atomic E-state index is 0. The van der Waals surface area contributed by atoms with E-state index in [2.05, 4.69) is 0 Å². The van der Waals surface area contributed by atoms with Gasteiger partial charge in [-0.05, 0) is 0 Å². The van der Waals surface area contributed by atoms with E-state index in [1.165, 1.54) is 0 Å². The fourth-order valence-corrected chi connectivity index (χ4v) is 0. The molecule has 0 bridgehead atoms. The molecular formula is H11O10P3. The first-order chi connectivity index (χ1) is 5.20. The van der Waals surface area contributed by atoms with Gasteiger partial charge in [-0.3, -0.25) is 0 Å². The number of hydrogen-bond acceptors (Lipinski definition) is 9. The van der Waals surface area contributed by atoms with Crippen LogP contribution in [0.3, 0.4) is 0 Å². The van der Waals surface area contributed by atoms with Crippen LogP contribution in [0.4, 0.5) is 0 Å². The minimum atomic E-state index is -2.62. The summed E-state index contributed by atoms with van der Waals surface area (Å²) in [6.45, 7) is 0. The van der Waals surface area contributed by atoms with Crippen molar-refractivity contribution >= 4 is 25.8 Å². The Kier molecular flexibility index (Phi) is 33.8.